The van der Waals surface area contributed by atoms with Crippen molar-refractivity contribution in [2.75, 3.05) is 6.61 Å². The molecule has 0 aliphatic carbocycles. The normalized spacial score (nSPS) is 12.2. The molecule has 4 nitrogen and oxygen atoms in total. The van der Waals surface area contributed by atoms with Gasteiger partial charge in [0.25, 0.3) is 0 Å². The second kappa shape index (κ2) is 7.60. The molecule has 0 bridgehead atoms. The summed E-state index contributed by atoms with van der Waals surface area (Å²) in [5, 5.41) is 10.9. The van der Waals surface area contributed by atoms with Gasteiger partial charge in [-0.2, -0.15) is 0 Å². The molecular formula is C22H19FN2O2. The molecule has 0 fully saturated rings. The Morgan fingerprint density at radius 3 is 2.41 bits per heavy atom. The van der Waals surface area contributed by atoms with Crippen LogP contribution in [0.15, 0.2) is 78.9 Å². The Kier molecular flexibility index (Phi) is 4.85. The molecule has 1 N–H and O–H groups in total. The molecule has 0 saturated carbocycles. The minimum absolute atomic E-state index is 0.295. The monoisotopic (exact) mass is 362 g/mol. The quantitative estimate of drug-likeness (QED) is 0.555. The van der Waals surface area contributed by atoms with Crippen molar-refractivity contribution in [2.45, 2.75) is 12.6 Å². The van der Waals surface area contributed by atoms with Crippen LogP contribution in [0.4, 0.5) is 4.39 Å². The van der Waals surface area contributed by atoms with Crippen molar-refractivity contribution in [1.29, 1.82) is 0 Å². The van der Waals surface area contributed by atoms with E-state index in [1.54, 1.807) is 12.1 Å². The number of aliphatic hydroxyl groups excluding tert-OH is 1. The van der Waals surface area contributed by atoms with E-state index in [4.69, 9.17) is 4.74 Å². The molecule has 0 unspecified atom stereocenters. The van der Waals surface area contributed by atoms with Crippen LogP contribution in [-0.2, 0) is 6.54 Å². The molecule has 0 radical (unpaired) electrons. The summed E-state index contributed by atoms with van der Waals surface area (Å²) in [6, 6.07) is 23.2. The standard InChI is InChI=1S/C22H19FN2O2/c23-17-10-12-18(13-11-17)27-15-14-25-20-9-5-4-8-19(20)24-22(25)21(26)16-6-2-1-3-7-16/h1-13,21,26H,14-15H2/t21-/m0/s1. The SMILES string of the molecule is O[C@@H](c1ccccc1)c1nc2ccccc2n1CCOc1ccc(F)cc1. The maximum absolute atomic E-state index is 13.0. The third kappa shape index (κ3) is 3.68. The highest BCUT2D eigenvalue weighted by Crippen LogP contribution is 2.25. The fourth-order valence-corrected chi connectivity index (χ4v) is 3.11. The van der Waals surface area contributed by atoms with E-state index in [1.165, 1.54) is 12.1 Å². The molecule has 1 heterocycles. The lowest BCUT2D eigenvalue weighted by Crippen LogP contribution is -2.14. The zero-order valence-electron chi connectivity index (χ0n) is 14.6. The van der Waals surface area contributed by atoms with Crippen molar-refractivity contribution < 1.29 is 14.2 Å². The van der Waals surface area contributed by atoms with E-state index in [2.05, 4.69) is 4.98 Å². The van der Waals surface area contributed by atoms with Gasteiger partial charge in [0.1, 0.15) is 30.1 Å². The Hall–Kier alpha value is -3.18. The van der Waals surface area contributed by atoms with Crippen LogP contribution in [0.5, 0.6) is 5.75 Å². The topological polar surface area (TPSA) is 47.3 Å². The van der Waals surface area contributed by atoms with Gasteiger partial charge in [0.05, 0.1) is 17.6 Å². The molecule has 4 rings (SSSR count). The molecule has 3 aromatic carbocycles. The Morgan fingerprint density at radius 1 is 0.926 bits per heavy atom. The zero-order valence-corrected chi connectivity index (χ0v) is 14.6. The average Bonchev–Trinajstić information content (AvgIpc) is 3.08. The molecule has 136 valence electrons. The number of halogens is 1. The average molecular weight is 362 g/mol. The third-order valence-electron chi connectivity index (χ3n) is 4.44. The summed E-state index contributed by atoms with van der Waals surface area (Å²) in [6.45, 7) is 0.887. The number of hydrogen-bond acceptors (Lipinski definition) is 3. The summed E-state index contributed by atoms with van der Waals surface area (Å²) in [4.78, 5) is 4.63. The predicted molar refractivity (Wildman–Crippen MR) is 102 cm³/mol. The van der Waals surface area contributed by atoms with Gasteiger partial charge >= 0.3 is 0 Å². The lowest BCUT2D eigenvalue weighted by Gasteiger charge is -2.15. The highest BCUT2D eigenvalue weighted by atomic mass is 19.1. The van der Waals surface area contributed by atoms with Crippen LogP contribution in [0.1, 0.15) is 17.5 Å². The number of imidazole rings is 1. The summed E-state index contributed by atoms with van der Waals surface area (Å²) in [7, 11) is 0. The largest absolute Gasteiger partial charge is 0.492 e. The summed E-state index contributed by atoms with van der Waals surface area (Å²) in [5.74, 6) is 0.882. The minimum atomic E-state index is -0.829. The van der Waals surface area contributed by atoms with Gasteiger partial charge < -0.3 is 14.4 Å². The van der Waals surface area contributed by atoms with E-state index < -0.39 is 6.10 Å². The van der Waals surface area contributed by atoms with Crippen molar-refractivity contribution in [1.82, 2.24) is 9.55 Å². The second-order valence-corrected chi connectivity index (χ2v) is 6.23. The van der Waals surface area contributed by atoms with E-state index >= 15 is 0 Å². The van der Waals surface area contributed by atoms with Crippen molar-refractivity contribution >= 4 is 11.0 Å². The summed E-state index contributed by atoms with van der Waals surface area (Å²) in [5.41, 5.74) is 2.54. The van der Waals surface area contributed by atoms with E-state index in [0.29, 0.717) is 24.7 Å². The molecule has 0 spiro atoms. The highest BCUT2D eigenvalue weighted by Gasteiger charge is 2.19. The van der Waals surface area contributed by atoms with Gasteiger partial charge in [-0.05, 0) is 42.0 Å². The Bertz CT molecular complexity index is 1030. The maximum Gasteiger partial charge on any atom is 0.143 e. The lowest BCUT2D eigenvalue weighted by atomic mass is 10.1. The first-order chi connectivity index (χ1) is 13.2. The number of nitrogens with zero attached hydrogens (tertiary/aromatic N) is 2. The van der Waals surface area contributed by atoms with Crippen molar-refractivity contribution in [2.24, 2.45) is 0 Å². The first kappa shape index (κ1) is 17.2. The van der Waals surface area contributed by atoms with Crippen molar-refractivity contribution in [3.05, 3.63) is 96.1 Å². The van der Waals surface area contributed by atoms with Gasteiger partial charge in [0, 0.05) is 0 Å². The summed E-state index contributed by atoms with van der Waals surface area (Å²) in [6.07, 6.45) is -0.829. The molecule has 0 aliphatic rings. The number of rotatable bonds is 6. The van der Waals surface area contributed by atoms with E-state index in [9.17, 15) is 9.50 Å². The predicted octanol–water partition coefficient (Wildman–Crippen LogP) is 4.34. The van der Waals surface area contributed by atoms with Crippen LogP contribution < -0.4 is 4.74 Å². The number of aliphatic hydroxyl groups is 1. The molecule has 5 heteroatoms. The smallest absolute Gasteiger partial charge is 0.143 e. The van der Waals surface area contributed by atoms with Crippen LogP contribution in [0.3, 0.4) is 0 Å². The second-order valence-electron chi connectivity index (χ2n) is 6.23. The van der Waals surface area contributed by atoms with Gasteiger partial charge in [0.15, 0.2) is 0 Å². The minimum Gasteiger partial charge on any atom is -0.492 e. The van der Waals surface area contributed by atoms with Crippen LogP contribution in [0.2, 0.25) is 0 Å². The van der Waals surface area contributed by atoms with E-state index in [-0.39, 0.29) is 5.82 Å². The fourth-order valence-electron chi connectivity index (χ4n) is 3.11. The summed E-state index contributed by atoms with van der Waals surface area (Å²) < 4.78 is 20.7. The molecule has 0 saturated heterocycles. The number of ether oxygens (including phenoxy) is 1. The van der Waals surface area contributed by atoms with Crippen LogP contribution in [-0.4, -0.2) is 21.3 Å². The van der Waals surface area contributed by atoms with Crippen molar-refractivity contribution in [3.8, 4) is 5.75 Å². The van der Waals surface area contributed by atoms with Crippen LogP contribution in [0.25, 0.3) is 11.0 Å². The van der Waals surface area contributed by atoms with Crippen LogP contribution in [0, 0.1) is 5.82 Å². The van der Waals surface area contributed by atoms with Gasteiger partial charge in [-0.15, -0.1) is 0 Å². The Balaban J connectivity index is 1.61. The van der Waals surface area contributed by atoms with Crippen molar-refractivity contribution in [3.63, 3.8) is 0 Å². The molecule has 4 aromatic rings. The fraction of sp³-hybridized carbons (Fsp3) is 0.136. The van der Waals surface area contributed by atoms with E-state index in [1.807, 2.05) is 59.2 Å². The molecule has 0 aliphatic heterocycles. The van der Waals surface area contributed by atoms with E-state index in [0.717, 1.165) is 16.6 Å². The first-order valence-corrected chi connectivity index (χ1v) is 8.79. The highest BCUT2D eigenvalue weighted by molar-refractivity contribution is 5.76. The summed E-state index contributed by atoms with van der Waals surface area (Å²) >= 11 is 0. The molecule has 27 heavy (non-hydrogen) atoms. The van der Waals surface area contributed by atoms with Gasteiger partial charge in [-0.3, -0.25) is 0 Å². The number of aromatic nitrogens is 2. The lowest BCUT2D eigenvalue weighted by molar-refractivity contribution is 0.201. The van der Waals surface area contributed by atoms with Crippen LogP contribution >= 0.6 is 0 Å². The number of fused-ring (bicyclic) bond motifs is 1. The Labute approximate surface area is 156 Å². The zero-order chi connectivity index (χ0) is 18.6. The van der Waals surface area contributed by atoms with Gasteiger partial charge in [-0.25, -0.2) is 9.37 Å². The Morgan fingerprint density at radius 2 is 1.63 bits per heavy atom. The first-order valence-electron chi connectivity index (χ1n) is 8.79. The van der Waals surface area contributed by atoms with Gasteiger partial charge in [-0.1, -0.05) is 42.5 Å². The van der Waals surface area contributed by atoms with Gasteiger partial charge in [0.2, 0.25) is 0 Å². The third-order valence-corrected chi connectivity index (χ3v) is 4.44. The molecule has 0 amide bonds. The molecule has 1 atom stereocenters. The number of hydrogen-bond donors (Lipinski definition) is 1. The molecule has 1 aromatic heterocycles. The molecular weight excluding hydrogens is 343 g/mol. The number of para-hydroxylation sites is 2. The maximum atomic E-state index is 13.0. The number of benzene rings is 3.